The molecule has 5 nitrogen and oxygen atoms in total. The van der Waals surface area contributed by atoms with Crippen molar-refractivity contribution in [1.29, 1.82) is 0 Å². The number of aromatic nitrogens is 1. The van der Waals surface area contributed by atoms with E-state index in [1.165, 1.54) is 12.8 Å². The third-order valence-electron chi connectivity index (χ3n) is 7.10. The predicted octanol–water partition coefficient (Wildman–Crippen LogP) is 4.22. The average Bonchev–Trinajstić information content (AvgIpc) is 3.62. The first-order valence-corrected chi connectivity index (χ1v) is 11.5. The van der Waals surface area contributed by atoms with E-state index >= 15 is 0 Å². The summed E-state index contributed by atoms with van der Waals surface area (Å²) in [6.07, 6.45) is 5.34. The molecule has 1 aromatic heterocycles. The number of carbonyl (C=O) groups is 2. The second kappa shape index (κ2) is 7.68. The van der Waals surface area contributed by atoms with E-state index in [2.05, 4.69) is 11.0 Å². The SMILES string of the molecule is CC(C)C(=O)N1CC[C@@H]2[C@H](CCCN2C(=O)c2cc(C3CC3)nc3ccccc23)C1. The molecule has 0 N–H and O–H groups in total. The van der Waals surface area contributed by atoms with Crippen LogP contribution in [-0.2, 0) is 4.79 Å². The largest absolute Gasteiger partial charge is 0.342 e. The van der Waals surface area contributed by atoms with Crippen molar-refractivity contribution in [2.75, 3.05) is 19.6 Å². The summed E-state index contributed by atoms with van der Waals surface area (Å²) in [6.45, 7) is 6.30. The van der Waals surface area contributed by atoms with Crippen LogP contribution in [0.4, 0.5) is 0 Å². The monoisotopic (exact) mass is 405 g/mol. The highest BCUT2D eigenvalue weighted by molar-refractivity contribution is 6.06. The van der Waals surface area contributed by atoms with Gasteiger partial charge in [0, 0.05) is 48.6 Å². The maximum Gasteiger partial charge on any atom is 0.254 e. The molecule has 2 atom stereocenters. The van der Waals surface area contributed by atoms with Gasteiger partial charge in [0.1, 0.15) is 0 Å². The molecule has 2 saturated heterocycles. The molecule has 2 aromatic rings. The quantitative estimate of drug-likeness (QED) is 0.768. The van der Waals surface area contributed by atoms with E-state index in [0.717, 1.165) is 61.1 Å². The van der Waals surface area contributed by atoms with E-state index in [4.69, 9.17) is 4.98 Å². The number of amides is 2. The molecule has 1 saturated carbocycles. The van der Waals surface area contributed by atoms with Crippen molar-refractivity contribution in [2.24, 2.45) is 11.8 Å². The van der Waals surface area contributed by atoms with Crippen molar-refractivity contribution in [2.45, 2.75) is 57.9 Å². The van der Waals surface area contributed by atoms with Crippen LogP contribution in [0.1, 0.15) is 67.9 Å². The van der Waals surface area contributed by atoms with Gasteiger partial charge in [0.2, 0.25) is 5.91 Å². The fourth-order valence-electron chi connectivity index (χ4n) is 5.34. The Hall–Kier alpha value is -2.43. The maximum absolute atomic E-state index is 13.8. The second-order valence-corrected chi connectivity index (χ2v) is 9.58. The van der Waals surface area contributed by atoms with Crippen LogP contribution >= 0.6 is 0 Å². The molecule has 3 fully saturated rings. The summed E-state index contributed by atoms with van der Waals surface area (Å²) in [6, 6.07) is 10.3. The molecular weight excluding hydrogens is 374 g/mol. The predicted molar refractivity (Wildman–Crippen MR) is 117 cm³/mol. The first-order valence-electron chi connectivity index (χ1n) is 11.5. The van der Waals surface area contributed by atoms with Gasteiger partial charge < -0.3 is 9.80 Å². The highest BCUT2D eigenvalue weighted by atomic mass is 16.2. The molecule has 30 heavy (non-hydrogen) atoms. The fraction of sp³-hybridized carbons (Fsp3) is 0.560. The number of hydrogen-bond acceptors (Lipinski definition) is 3. The molecule has 158 valence electrons. The molecule has 2 aliphatic heterocycles. The first-order chi connectivity index (χ1) is 14.5. The van der Waals surface area contributed by atoms with E-state index < -0.39 is 0 Å². The molecule has 3 aliphatic rings. The van der Waals surface area contributed by atoms with Gasteiger partial charge in [-0.3, -0.25) is 14.6 Å². The van der Waals surface area contributed by atoms with Crippen molar-refractivity contribution in [3.63, 3.8) is 0 Å². The Morgan fingerprint density at radius 3 is 2.63 bits per heavy atom. The number of hydrogen-bond donors (Lipinski definition) is 0. The zero-order valence-electron chi connectivity index (χ0n) is 18.0. The number of pyridine rings is 1. The topological polar surface area (TPSA) is 53.5 Å². The van der Waals surface area contributed by atoms with Gasteiger partial charge in [-0.2, -0.15) is 0 Å². The van der Waals surface area contributed by atoms with Crippen LogP contribution in [0.15, 0.2) is 30.3 Å². The Balaban J connectivity index is 1.43. The lowest BCUT2D eigenvalue weighted by atomic mass is 9.83. The maximum atomic E-state index is 13.8. The van der Waals surface area contributed by atoms with Crippen molar-refractivity contribution in [3.8, 4) is 0 Å². The second-order valence-electron chi connectivity index (χ2n) is 9.58. The number of likely N-dealkylation sites (tertiary alicyclic amines) is 2. The number of benzene rings is 1. The van der Waals surface area contributed by atoms with E-state index in [-0.39, 0.29) is 23.8 Å². The number of carbonyl (C=O) groups excluding carboxylic acids is 2. The van der Waals surface area contributed by atoms with Crippen LogP contribution in [-0.4, -0.2) is 52.3 Å². The molecule has 1 aliphatic carbocycles. The third kappa shape index (κ3) is 3.48. The Bertz CT molecular complexity index is 982. The van der Waals surface area contributed by atoms with E-state index in [1.807, 2.05) is 43.0 Å². The van der Waals surface area contributed by atoms with Crippen LogP contribution in [0.5, 0.6) is 0 Å². The van der Waals surface area contributed by atoms with E-state index in [1.54, 1.807) is 0 Å². The van der Waals surface area contributed by atoms with Crippen LogP contribution in [0.3, 0.4) is 0 Å². The van der Waals surface area contributed by atoms with Gasteiger partial charge in [-0.05, 0) is 50.2 Å². The standard InChI is InChI=1S/C25H31N3O2/c1-16(2)24(29)27-13-11-23-18(15-27)6-5-12-28(23)25(30)20-14-22(17-9-10-17)26-21-8-4-3-7-19(20)21/h3-4,7-8,14,16-18,23H,5-6,9-13,15H2,1-2H3/t18-,23-/m1/s1. The molecule has 5 rings (SSSR count). The molecule has 0 bridgehead atoms. The van der Waals surface area contributed by atoms with Crippen molar-refractivity contribution >= 4 is 22.7 Å². The van der Waals surface area contributed by atoms with Gasteiger partial charge in [-0.15, -0.1) is 0 Å². The Kier molecular flexibility index (Phi) is 5.00. The summed E-state index contributed by atoms with van der Waals surface area (Å²) >= 11 is 0. The lowest BCUT2D eigenvalue weighted by Crippen LogP contribution is -2.57. The highest BCUT2D eigenvalue weighted by Crippen LogP contribution is 2.41. The van der Waals surface area contributed by atoms with Crippen LogP contribution in [0.2, 0.25) is 0 Å². The van der Waals surface area contributed by atoms with Crippen molar-refractivity contribution in [1.82, 2.24) is 14.8 Å². The highest BCUT2D eigenvalue weighted by Gasteiger charge is 2.40. The van der Waals surface area contributed by atoms with Gasteiger partial charge in [-0.1, -0.05) is 32.0 Å². The summed E-state index contributed by atoms with van der Waals surface area (Å²) < 4.78 is 0. The Morgan fingerprint density at radius 2 is 1.87 bits per heavy atom. The van der Waals surface area contributed by atoms with Crippen LogP contribution in [0.25, 0.3) is 10.9 Å². The molecular formula is C25H31N3O2. The Morgan fingerprint density at radius 1 is 1.07 bits per heavy atom. The first kappa shape index (κ1) is 19.5. The minimum Gasteiger partial charge on any atom is -0.342 e. The number of fused-ring (bicyclic) bond motifs is 2. The average molecular weight is 406 g/mol. The lowest BCUT2D eigenvalue weighted by Gasteiger charge is -2.47. The third-order valence-corrected chi connectivity index (χ3v) is 7.10. The van der Waals surface area contributed by atoms with Crippen molar-refractivity contribution < 1.29 is 9.59 Å². The molecule has 0 radical (unpaired) electrons. The fourth-order valence-corrected chi connectivity index (χ4v) is 5.34. The number of rotatable bonds is 3. The van der Waals surface area contributed by atoms with E-state index in [0.29, 0.717) is 11.8 Å². The van der Waals surface area contributed by atoms with Crippen molar-refractivity contribution in [3.05, 3.63) is 41.6 Å². The normalized spacial score (nSPS) is 24.2. The zero-order chi connectivity index (χ0) is 20.8. The molecule has 3 heterocycles. The molecule has 0 spiro atoms. The number of piperidine rings is 2. The lowest BCUT2D eigenvalue weighted by molar-refractivity contribution is -0.137. The van der Waals surface area contributed by atoms with Gasteiger partial charge in [0.25, 0.3) is 5.91 Å². The van der Waals surface area contributed by atoms with Gasteiger partial charge in [0.15, 0.2) is 0 Å². The zero-order valence-corrected chi connectivity index (χ0v) is 18.0. The van der Waals surface area contributed by atoms with Gasteiger partial charge in [-0.25, -0.2) is 0 Å². The summed E-state index contributed by atoms with van der Waals surface area (Å²) in [4.78, 5) is 35.3. The summed E-state index contributed by atoms with van der Waals surface area (Å²) in [7, 11) is 0. The molecule has 5 heteroatoms. The van der Waals surface area contributed by atoms with Crippen LogP contribution < -0.4 is 0 Å². The summed E-state index contributed by atoms with van der Waals surface area (Å²) in [5.74, 6) is 1.32. The Labute approximate surface area is 178 Å². The summed E-state index contributed by atoms with van der Waals surface area (Å²) in [5, 5.41) is 0.960. The number of para-hydroxylation sites is 1. The van der Waals surface area contributed by atoms with E-state index in [9.17, 15) is 9.59 Å². The van der Waals surface area contributed by atoms with Crippen LogP contribution in [0, 0.1) is 11.8 Å². The van der Waals surface area contributed by atoms with Gasteiger partial charge in [0.05, 0.1) is 11.1 Å². The van der Waals surface area contributed by atoms with Gasteiger partial charge >= 0.3 is 0 Å². The molecule has 2 amide bonds. The minimum absolute atomic E-state index is 0.0342. The molecule has 0 unspecified atom stereocenters. The smallest absolute Gasteiger partial charge is 0.254 e. The number of nitrogens with zero attached hydrogens (tertiary/aromatic N) is 3. The summed E-state index contributed by atoms with van der Waals surface area (Å²) in [5.41, 5.74) is 2.81. The molecule has 1 aromatic carbocycles. The minimum atomic E-state index is 0.0342.